The van der Waals surface area contributed by atoms with E-state index in [0.717, 1.165) is 29.0 Å². The number of rotatable bonds is 8. The Hall–Kier alpha value is -2.04. The van der Waals surface area contributed by atoms with Crippen LogP contribution >= 0.6 is 0 Å². The van der Waals surface area contributed by atoms with Crippen LogP contribution in [0.15, 0.2) is 48.5 Å². The van der Waals surface area contributed by atoms with Crippen molar-refractivity contribution in [1.82, 2.24) is 0 Å². The van der Waals surface area contributed by atoms with Crippen LogP contribution in [0.5, 0.6) is 11.5 Å². The molecule has 0 radical (unpaired) electrons. The van der Waals surface area contributed by atoms with Gasteiger partial charge in [0, 0.05) is 6.42 Å². The van der Waals surface area contributed by atoms with Crippen molar-refractivity contribution in [3.8, 4) is 11.5 Å². The standard InChI is InChI=1S/C18H22O4/c1-20-16-7-3-14(4-8-16)11-12-22-18(19)13-15-5-9-17(21-2)10-6-15/h3-10,18-19H,11-13H2,1-2H3. The zero-order valence-corrected chi connectivity index (χ0v) is 13.0. The zero-order valence-electron chi connectivity index (χ0n) is 13.0. The molecule has 0 bridgehead atoms. The summed E-state index contributed by atoms with van der Waals surface area (Å²) in [5.74, 6) is 1.64. The van der Waals surface area contributed by atoms with Crippen molar-refractivity contribution in [2.24, 2.45) is 0 Å². The molecule has 4 heteroatoms. The first-order valence-corrected chi connectivity index (χ1v) is 7.27. The fourth-order valence-electron chi connectivity index (χ4n) is 2.13. The van der Waals surface area contributed by atoms with E-state index in [9.17, 15) is 5.11 Å². The molecule has 4 nitrogen and oxygen atoms in total. The van der Waals surface area contributed by atoms with Gasteiger partial charge in [0.05, 0.1) is 20.8 Å². The van der Waals surface area contributed by atoms with Crippen molar-refractivity contribution in [1.29, 1.82) is 0 Å². The van der Waals surface area contributed by atoms with Crippen LogP contribution in [0.2, 0.25) is 0 Å². The van der Waals surface area contributed by atoms with E-state index in [0.29, 0.717) is 13.0 Å². The van der Waals surface area contributed by atoms with Crippen molar-refractivity contribution >= 4 is 0 Å². The van der Waals surface area contributed by atoms with Gasteiger partial charge in [-0.1, -0.05) is 24.3 Å². The highest BCUT2D eigenvalue weighted by molar-refractivity contribution is 5.28. The molecular formula is C18H22O4. The summed E-state index contributed by atoms with van der Waals surface area (Å²) in [7, 11) is 3.28. The fraction of sp³-hybridized carbons (Fsp3) is 0.333. The summed E-state index contributed by atoms with van der Waals surface area (Å²) in [6, 6.07) is 15.4. The smallest absolute Gasteiger partial charge is 0.158 e. The summed E-state index contributed by atoms with van der Waals surface area (Å²) in [4.78, 5) is 0. The molecule has 0 aromatic heterocycles. The van der Waals surface area contributed by atoms with Crippen LogP contribution in [0.3, 0.4) is 0 Å². The lowest BCUT2D eigenvalue weighted by molar-refractivity contribution is -0.0963. The molecule has 2 aromatic carbocycles. The molecular weight excluding hydrogens is 280 g/mol. The van der Waals surface area contributed by atoms with Crippen LogP contribution in [-0.4, -0.2) is 32.2 Å². The van der Waals surface area contributed by atoms with E-state index >= 15 is 0 Å². The van der Waals surface area contributed by atoms with Gasteiger partial charge in [-0.3, -0.25) is 0 Å². The Balaban J connectivity index is 1.73. The third-order valence-corrected chi connectivity index (χ3v) is 3.43. The number of hydrogen-bond donors (Lipinski definition) is 1. The molecule has 118 valence electrons. The van der Waals surface area contributed by atoms with Crippen molar-refractivity contribution < 1.29 is 19.3 Å². The van der Waals surface area contributed by atoms with Crippen molar-refractivity contribution in [3.05, 3.63) is 59.7 Å². The normalized spacial score (nSPS) is 12.0. The predicted octanol–water partition coefficient (Wildman–Crippen LogP) is 2.82. The van der Waals surface area contributed by atoms with Gasteiger partial charge in [-0.05, 0) is 41.8 Å². The molecule has 0 saturated heterocycles. The average Bonchev–Trinajstić information content (AvgIpc) is 2.56. The number of methoxy groups -OCH3 is 2. The van der Waals surface area contributed by atoms with Crippen molar-refractivity contribution in [3.63, 3.8) is 0 Å². The minimum absolute atomic E-state index is 0.465. The highest BCUT2D eigenvalue weighted by atomic mass is 16.6. The van der Waals surface area contributed by atoms with Gasteiger partial charge in [-0.15, -0.1) is 0 Å². The Morgan fingerprint density at radius 1 is 0.818 bits per heavy atom. The number of benzene rings is 2. The molecule has 0 amide bonds. The first-order valence-electron chi connectivity index (χ1n) is 7.27. The van der Waals surface area contributed by atoms with Crippen molar-refractivity contribution in [2.75, 3.05) is 20.8 Å². The molecule has 22 heavy (non-hydrogen) atoms. The van der Waals surface area contributed by atoms with E-state index in [1.807, 2.05) is 48.5 Å². The van der Waals surface area contributed by atoms with Gasteiger partial charge in [0.15, 0.2) is 6.29 Å². The Kier molecular flexibility index (Phi) is 6.25. The number of ether oxygens (including phenoxy) is 3. The van der Waals surface area contributed by atoms with Gasteiger partial charge >= 0.3 is 0 Å². The highest BCUT2D eigenvalue weighted by Gasteiger charge is 2.06. The maximum absolute atomic E-state index is 9.92. The van der Waals surface area contributed by atoms with Crippen LogP contribution in [0, 0.1) is 0 Å². The monoisotopic (exact) mass is 302 g/mol. The zero-order chi connectivity index (χ0) is 15.8. The SMILES string of the molecule is COc1ccc(CCOC(O)Cc2ccc(OC)cc2)cc1. The van der Waals surface area contributed by atoms with Crippen LogP contribution in [0.1, 0.15) is 11.1 Å². The quantitative estimate of drug-likeness (QED) is 0.762. The fourth-order valence-corrected chi connectivity index (χ4v) is 2.13. The van der Waals surface area contributed by atoms with Crippen LogP contribution in [0.25, 0.3) is 0 Å². The summed E-state index contributed by atoms with van der Waals surface area (Å²) < 4.78 is 15.7. The minimum Gasteiger partial charge on any atom is -0.497 e. The first-order chi connectivity index (χ1) is 10.7. The van der Waals surface area contributed by atoms with Crippen molar-refractivity contribution in [2.45, 2.75) is 19.1 Å². The van der Waals surface area contributed by atoms with Crippen LogP contribution < -0.4 is 9.47 Å². The molecule has 2 rings (SSSR count). The van der Waals surface area contributed by atoms with Crippen LogP contribution in [0.4, 0.5) is 0 Å². The van der Waals surface area contributed by atoms with Crippen LogP contribution in [-0.2, 0) is 17.6 Å². The summed E-state index contributed by atoms with van der Waals surface area (Å²) in [6.45, 7) is 0.476. The predicted molar refractivity (Wildman–Crippen MR) is 85.4 cm³/mol. The topological polar surface area (TPSA) is 47.9 Å². The summed E-state index contributed by atoms with van der Waals surface area (Å²) in [5.41, 5.74) is 2.16. The third-order valence-electron chi connectivity index (χ3n) is 3.43. The molecule has 0 fully saturated rings. The lowest BCUT2D eigenvalue weighted by Crippen LogP contribution is -2.16. The Labute approximate surface area is 131 Å². The van der Waals surface area contributed by atoms with Gasteiger partial charge in [0.25, 0.3) is 0 Å². The number of aliphatic hydroxyl groups excluding tert-OH is 1. The maximum atomic E-state index is 9.92. The van der Waals surface area contributed by atoms with Gasteiger partial charge in [0.1, 0.15) is 11.5 Å². The van der Waals surface area contributed by atoms with Gasteiger partial charge in [-0.25, -0.2) is 0 Å². The van der Waals surface area contributed by atoms with Gasteiger partial charge < -0.3 is 19.3 Å². The molecule has 0 saturated carbocycles. The number of aliphatic hydroxyl groups is 1. The molecule has 1 unspecified atom stereocenters. The van der Waals surface area contributed by atoms with Gasteiger partial charge in [-0.2, -0.15) is 0 Å². The second-order valence-electron chi connectivity index (χ2n) is 4.98. The first kappa shape index (κ1) is 16.3. The van der Waals surface area contributed by atoms with E-state index in [-0.39, 0.29) is 0 Å². The number of hydrogen-bond acceptors (Lipinski definition) is 4. The summed E-state index contributed by atoms with van der Waals surface area (Å²) in [5, 5.41) is 9.92. The minimum atomic E-state index is -0.799. The molecule has 1 atom stereocenters. The lowest BCUT2D eigenvalue weighted by Gasteiger charge is -2.12. The molecule has 0 aliphatic carbocycles. The largest absolute Gasteiger partial charge is 0.497 e. The second kappa shape index (κ2) is 8.41. The Morgan fingerprint density at radius 3 is 1.82 bits per heavy atom. The molecule has 0 aliphatic rings. The summed E-state index contributed by atoms with van der Waals surface area (Å²) in [6.07, 6.45) is 0.419. The van der Waals surface area contributed by atoms with E-state index < -0.39 is 6.29 Å². The molecule has 0 heterocycles. The molecule has 1 N–H and O–H groups in total. The summed E-state index contributed by atoms with van der Waals surface area (Å²) >= 11 is 0. The van der Waals surface area contributed by atoms with E-state index in [4.69, 9.17) is 14.2 Å². The second-order valence-corrected chi connectivity index (χ2v) is 4.98. The molecule has 0 spiro atoms. The lowest BCUT2D eigenvalue weighted by atomic mass is 10.1. The average molecular weight is 302 g/mol. The van der Waals surface area contributed by atoms with E-state index in [2.05, 4.69) is 0 Å². The molecule has 0 aliphatic heterocycles. The third kappa shape index (κ3) is 5.06. The molecule has 2 aromatic rings. The Morgan fingerprint density at radius 2 is 1.32 bits per heavy atom. The highest BCUT2D eigenvalue weighted by Crippen LogP contribution is 2.14. The van der Waals surface area contributed by atoms with E-state index in [1.54, 1.807) is 14.2 Å². The Bertz CT molecular complexity index is 548. The van der Waals surface area contributed by atoms with E-state index in [1.165, 1.54) is 0 Å². The maximum Gasteiger partial charge on any atom is 0.158 e. The van der Waals surface area contributed by atoms with Gasteiger partial charge in [0.2, 0.25) is 0 Å².